The average Bonchev–Trinajstić information content (AvgIpc) is 2.25. The first-order chi connectivity index (χ1) is 8.66. The Hall–Kier alpha value is -0.280. The Bertz CT molecular complexity index is 318. The molecule has 0 heterocycles. The van der Waals surface area contributed by atoms with Gasteiger partial charge in [0, 0.05) is 25.0 Å². The molecule has 0 aromatic heterocycles. The van der Waals surface area contributed by atoms with E-state index in [1.165, 1.54) is 38.5 Å². The molecule has 110 valence electrons. The third kappa shape index (κ3) is 2.78. The van der Waals surface area contributed by atoms with Crippen LogP contribution < -0.4 is 5.73 Å². The summed E-state index contributed by atoms with van der Waals surface area (Å²) >= 11 is 0. The van der Waals surface area contributed by atoms with Gasteiger partial charge in [-0.25, -0.2) is 0 Å². The van der Waals surface area contributed by atoms with Crippen LogP contribution in [0.15, 0.2) is 0 Å². The summed E-state index contributed by atoms with van der Waals surface area (Å²) in [4.78, 5) is 14.6. The maximum Gasteiger partial charge on any atom is 0.225 e. The van der Waals surface area contributed by atoms with E-state index in [2.05, 4.69) is 0 Å². The number of carbonyl (C=O) groups is 1. The number of fused-ring (bicyclic) bond motifs is 2. The summed E-state index contributed by atoms with van der Waals surface area (Å²) in [7, 11) is 2.01. The van der Waals surface area contributed by atoms with Crippen LogP contribution in [0.2, 0.25) is 0 Å². The minimum Gasteiger partial charge on any atom is -0.343 e. The summed E-state index contributed by atoms with van der Waals surface area (Å²) in [5.74, 6) is 1.90. The highest BCUT2D eigenvalue weighted by molar-refractivity contribution is 5.85. The molecule has 2 N–H and O–H groups in total. The van der Waals surface area contributed by atoms with E-state index in [1.807, 2.05) is 11.9 Å². The molecule has 0 aromatic rings. The number of carbonyl (C=O) groups excluding carboxylic acids is 1. The van der Waals surface area contributed by atoms with E-state index < -0.39 is 0 Å². The zero-order valence-corrected chi connectivity index (χ0v) is 12.7. The summed E-state index contributed by atoms with van der Waals surface area (Å²) in [5, 5.41) is 0. The van der Waals surface area contributed by atoms with Crippen molar-refractivity contribution < 1.29 is 4.79 Å². The quantitative estimate of drug-likeness (QED) is 0.848. The monoisotopic (exact) mass is 286 g/mol. The molecule has 3 rings (SSSR count). The number of hydrogen-bond acceptors (Lipinski definition) is 2. The van der Waals surface area contributed by atoms with Gasteiger partial charge < -0.3 is 10.6 Å². The van der Waals surface area contributed by atoms with Gasteiger partial charge >= 0.3 is 0 Å². The van der Waals surface area contributed by atoms with Gasteiger partial charge in [0.15, 0.2) is 0 Å². The fourth-order valence-electron chi connectivity index (χ4n) is 4.23. The first-order valence-corrected chi connectivity index (χ1v) is 7.69. The lowest BCUT2D eigenvalue weighted by Gasteiger charge is -2.45. The first-order valence-electron chi connectivity index (χ1n) is 7.69. The van der Waals surface area contributed by atoms with Crippen molar-refractivity contribution in [1.29, 1.82) is 0 Å². The van der Waals surface area contributed by atoms with Gasteiger partial charge in [0.2, 0.25) is 5.91 Å². The van der Waals surface area contributed by atoms with E-state index >= 15 is 0 Å². The van der Waals surface area contributed by atoms with Crippen molar-refractivity contribution in [3.63, 3.8) is 0 Å². The average molecular weight is 287 g/mol. The highest BCUT2D eigenvalue weighted by Crippen LogP contribution is 2.42. The lowest BCUT2D eigenvalue weighted by molar-refractivity contribution is -0.141. The second-order valence-corrected chi connectivity index (χ2v) is 6.73. The zero-order valence-electron chi connectivity index (χ0n) is 11.9. The number of rotatable bonds is 2. The normalized spacial score (nSPS) is 38.0. The van der Waals surface area contributed by atoms with Crippen LogP contribution >= 0.6 is 12.4 Å². The van der Waals surface area contributed by atoms with Crippen LogP contribution in [0, 0.1) is 17.8 Å². The van der Waals surface area contributed by atoms with Gasteiger partial charge in [0.25, 0.3) is 0 Å². The number of amides is 1. The van der Waals surface area contributed by atoms with Crippen LogP contribution in [0.25, 0.3) is 0 Å². The van der Waals surface area contributed by atoms with E-state index in [-0.39, 0.29) is 18.3 Å². The lowest BCUT2D eigenvalue weighted by atomic mass is 9.64. The molecule has 1 amide bonds. The van der Waals surface area contributed by atoms with Crippen molar-refractivity contribution in [3.8, 4) is 0 Å². The maximum absolute atomic E-state index is 12.6. The van der Waals surface area contributed by atoms with Gasteiger partial charge in [0.05, 0.1) is 0 Å². The van der Waals surface area contributed by atoms with E-state index in [0.29, 0.717) is 29.8 Å². The molecule has 4 heteroatoms. The molecule has 3 fully saturated rings. The highest BCUT2D eigenvalue weighted by atomic mass is 35.5. The third-order valence-corrected chi connectivity index (χ3v) is 5.73. The van der Waals surface area contributed by atoms with Gasteiger partial charge in [0.1, 0.15) is 0 Å². The molecule has 3 nitrogen and oxygen atoms in total. The summed E-state index contributed by atoms with van der Waals surface area (Å²) in [6.45, 7) is 0. The molecular formula is C15H27ClN2O. The van der Waals surface area contributed by atoms with E-state index in [0.717, 1.165) is 12.8 Å². The molecule has 0 spiro atoms. The Morgan fingerprint density at radius 1 is 1.05 bits per heavy atom. The van der Waals surface area contributed by atoms with Crippen LogP contribution in [0.1, 0.15) is 51.4 Å². The number of halogens is 1. The molecule has 0 aliphatic heterocycles. The molecular weight excluding hydrogens is 260 g/mol. The number of nitrogens with two attached hydrogens (primary N) is 1. The largest absolute Gasteiger partial charge is 0.343 e. The van der Waals surface area contributed by atoms with Crippen molar-refractivity contribution >= 4 is 18.3 Å². The van der Waals surface area contributed by atoms with Gasteiger partial charge in [-0.15, -0.1) is 12.4 Å². The molecule has 2 atom stereocenters. The SMILES string of the molecule is CN(C(=O)C1CC2CCCC(C1)C2N)C1CCC1.Cl. The molecule has 3 aliphatic carbocycles. The predicted molar refractivity (Wildman–Crippen MR) is 79.2 cm³/mol. The fourth-order valence-corrected chi connectivity index (χ4v) is 4.23. The molecule has 2 bridgehead atoms. The smallest absolute Gasteiger partial charge is 0.225 e. The molecule has 0 radical (unpaired) electrons. The number of hydrogen-bond donors (Lipinski definition) is 1. The van der Waals surface area contributed by atoms with Crippen LogP contribution in [0.3, 0.4) is 0 Å². The Balaban J connectivity index is 0.00000133. The molecule has 3 aliphatic rings. The Morgan fingerprint density at radius 2 is 1.58 bits per heavy atom. The van der Waals surface area contributed by atoms with Crippen molar-refractivity contribution in [2.45, 2.75) is 63.5 Å². The molecule has 2 unspecified atom stereocenters. The minimum atomic E-state index is 0. The van der Waals surface area contributed by atoms with Crippen LogP contribution in [0.5, 0.6) is 0 Å². The minimum absolute atomic E-state index is 0. The standard InChI is InChI=1S/C15H26N2O.ClH/c1-17(13-6-3-7-13)15(18)12-8-10-4-2-5-11(9-12)14(10)16;/h10-14H,2-9,16H2,1H3;1H. The van der Waals surface area contributed by atoms with Crippen molar-refractivity contribution in [2.24, 2.45) is 23.5 Å². The Labute approximate surface area is 122 Å². The molecule has 19 heavy (non-hydrogen) atoms. The number of nitrogens with zero attached hydrogens (tertiary/aromatic N) is 1. The molecule has 3 saturated carbocycles. The predicted octanol–water partition coefficient (Wildman–Crippen LogP) is 2.57. The second-order valence-electron chi connectivity index (χ2n) is 6.73. The van der Waals surface area contributed by atoms with Gasteiger partial charge in [-0.05, 0) is 56.8 Å². The lowest BCUT2D eigenvalue weighted by Crippen LogP contribution is -2.51. The Kier molecular flexibility index (Phi) is 4.78. The summed E-state index contributed by atoms with van der Waals surface area (Å²) in [5.41, 5.74) is 6.29. The molecule has 0 saturated heterocycles. The summed E-state index contributed by atoms with van der Waals surface area (Å²) in [6, 6.07) is 0.907. The van der Waals surface area contributed by atoms with E-state index in [1.54, 1.807) is 0 Å². The fraction of sp³-hybridized carbons (Fsp3) is 0.933. The third-order valence-electron chi connectivity index (χ3n) is 5.73. The molecule has 0 aromatic carbocycles. The van der Waals surface area contributed by atoms with Crippen molar-refractivity contribution in [2.75, 3.05) is 7.05 Å². The maximum atomic E-state index is 12.6. The van der Waals surface area contributed by atoms with Gasteiger partial charge in [-0.3, -0.25) is 4.79 Å². The van der Waals surface area contributed by atoms with Gasteiger partial charge in [-0.2, -0.15) is 0 Å². The van der Waals surface area contributed by atoms with Crippen molar-refractivity contribution in [3.05, 3.63) is 0 Å². The van der Waals surface area contributed by atoms with Crippen LogP contribution in [-0.4, -0.2) is 29.9 Å². The van der Waals surface area contributed by atoms with Crippen LogP contribution in [-0.2, 0) is 4.79 Å². The summed E-state index contributed by atoms with van der Waals surface area (Å²) in [6.07, 6.45) is 9.62. The van der Waals surface area contributed by atoms with E-state index in [4.69, 9.17) is 5.73 Å². The highest BCUT2D eigenvalue weighted by Gasteiger charge is 2.42. The van der Waals surface area contributed by atoms with Crippen molar-refractivity contribution in [1.82, 2.24) is 4.90 Å². The van der Waals surface area contributed by atoms with Crippen LogP contribution in [0.4, 0.5) is 0 Å². The van der Waals surface area contributed by atoms with E-state index in [9.17, 15) is 4.79 Å². The first kappa shape index (κ1) is 15.1. The zero-order chi connectivity index (χ0) is 12.7. The second kappa shape index (κ2) is 6.01. The summed E-state index contributed by atoms with van der Waals surface area (Å²) < 4.78 is 0. The topological polar surface area (TPSA) is 46.3 Å². The Morgan fingerprint density at radius 3 is 2.05 bits per heavy atom. The van der Waals surface area contributed by atoms with Gasteiger partial charge in [-0.1, -0.05) is 6.42 Å².